The predicted molar refractivity (Wildman–Crippen MR) is 132 cm³/mol. The van der Waals surface area contributed by atoms with Crippen molar-refractivity contribution in [1.29, 1.82) is 0 Å². The second-order valence-electron chi connectivity index (χ2n) is 8.50. The molecule has 1 saturated heterocycles. The molecule has 9 heteroatoms. The van der Waals surface area contributed by atoms with E-state index in [2.05, 4.69) is 4.98 Å². The Morgan fingerprint density at radius 1 is 1.03 bits per heavy atom. The number of nitro benzene ring substituents is 1. The summed E-state index contributed by atoms with van der Waals surface area (Å²) in [6, 6.07) is 18.1. The summed E-state index contributed by atoms with van der Waals surface area (Å²) >= 11 is 0. The minimum atomic E-state index is -0.935. The Labute approximate surface area is 205 Å². The number of rotatable bonds is 6. The average Bonchev–Trinajstić information content (AvgIpc) is 3.41. The van der Waals surface area contributed by atoms with Gasteiger partial charge in [-0.25, -0.2) is 0 Å². The summed E-state index contributed by atoms with van der Waals surface area (Å²) < 4.78 is 0. The van der Waals surface area contributed by atoms with Crippen molar-refractivity contribution in [3.05, 3.63) is 111 Å². The first-order chi connectivity index (χ1) is 17.3. The molecule has 0 radical (unpaired) electrons. The van der Waals surface area contributed by atoms with Crippen LogP contribution in [0.3, 0.4) is 0 Å². The lowest BCUT2D eigenvalue weighted by Crippen LogP contribution is -2.31. The number of phenols is 1. The van der Waals surface area contributed by atoms with Crippen molar-refractivity contribution in [3.8, 4) is 5.75 Å². The number of Topliss-reactive ketones (excluding diaryl/α,β-unsaturated/α-hetero) is 1. The lowest BCUT2D eigenvalue weighted by atomic mass is 9.95. The van der Waals surface area contributed by atoms with Gasteiger partial charge in [-0.1, -0.05) is 42.5 Å². The number of carbonyl (C=O) groups excluding carboxylic acids is 2. The molecule has 2 heterocycles. The van der Waals surface area contributed by atoms with E-state index < -0.39 is 28.4 Å². The number of carbonyl (C=O) groups is 2. The van der Waals surface area contributed by atoms with Gasteiger partial charge in [-0.2, -0.15) is 0 Å². The number of non-ortho nitro benzene ring substituents is 1. The first-order valence-electron chi connectivity index (χ1n) is 11.2. The molecule has 0 bridgehead atoms. The number of hydrogen-bond donors (Lipinski definition) is 3. The Balaban J connectivity index is 1.58. The highest BCUT2D eigenvalue weighted by atomic mass is 16.6. The van der Waals surface area contributed by atoms with Crippen LogP contribution < -0.4 is 0 Å². The molecule has 5 rings (SSSR count). The zero-order chi connectivity index (χ0) is 25.4. The number of aliphatic hydroxyl groups excluding tert-OH is 1. The van der Waals surface area contributed by atoms with E-state index in [1.807, 2.05) is 30.5 Å². The van der Waals surface area contributed by atoms with Gasteiger partial charge in [-0.05, 0) is 35.7 Å². The molecule has 36 heavy (non-hydrogen) atoms. The number of ketones is 1. The second-order valence-corrected chi connectivity index (χ2v) is 8.50. The number of hydrogen-bond acceptors (Lipinski definition) is 6. The van der Waals surface area contributed by atoms with Gasteiger partial charge in [0, 0.05) is 41.3 Å². The normalized spacial score (nSPS) is 17.1. The van der Waals surface area contributed by atoms with Crippen LogP contribution in [0.1, 0.15) is 22.7 Å². The molecule has 1 fully saturated rings. The van der Waals surface area contributed by atoms with Crippen molar-refractivity contribution in [2.24, 2.45) is 0 Å². The fourth-order valence-corrected chi connectivity index (χ4v) is 4.62. The smallest absolute Gasteiger partial charge is 0.295 e. The summed E-state index contributed by atoms with van der Waals surface area (Å²) in [5, 5.41) is 33.1. The maximum absolute atomic E-state index is 13.2. The van der Waals surface area contributed by atoms with E-state index >= 15 is 0 Å². The molecule has 1 aromatic heterocycles. The average molecular weight is 483 g/mol. The molecule has 1 amide bonds. The van der Waals surface area contributed by atoms with Gasteiger partial charge in [-0.15, -0.1) is 0 Å². The number of H-pyrrole nitrogens is 1. The fourth-order valence-electron chi connectivity index (χ4n) is 4.62. The summed E-state index contributed by atoms with van der Waals surface area (Å²) in [4.78, 5) is 41.5. The topological polar surface area (TPSA) is 137 Å². The van der Waals surface area contributed by atoms with E-state index in [4.69, 9.17) is 0 Å². The monoisotopic (exact) mass is 483 g/mol. The highest BCUT2D eigenvalue weighted by molar-refractivity contribution is 6.46. The molecule has 1 aliphatic rings. The minimum Gasteiger partial charge on any atom is -0.508 e. The summed E-state index contributed by atoms with van der Waals surface area (Å²) in [5.41, 5.74) is 2.07. The van der Waals surface area contributed by atoms with Crippen molar-refractivity contribution in [3.63, 3.8) is 0 Å². The van der Waals surface area contributed by atoms with Gasteiger partial charge in [0.1, 0.15) is 11.5 Å². The van der Waals surface area contributed by atoms with Gasteiger partial charge in [0.05, 0.1) is 16.5 Å². The summed E-state index contributed by atoms with van der Waals surface area (Å²) in [6.07, 6.45) is 2.31. The van der Waals surface area contributed by atoms with Crippen molar-refractivity contribution in [2.75, 3.05) is 6.54 Å². The van der Waals surface area contributed by atoms with Crippen molar-refractivity contribution >= 4 is 34.0 Å². The number of aromatic nitrogens is 1. The zero-order valence-corrected chi connectivity index (χ0v) is 18.9. The molecule has 1 atom stereocenters. The van der Waals surface area contributed by atoms with Gasteiger partial charge in [0.15, 0.2) is 0 Å². The van der Waals surface area contributed by atoms with Gasteiger partial charge in [0.25, 0.3) is 17.4 Å². The molecule has 3 aromatic carbocycles. The molecule has 1 aliphatic heterocycles. The zero-order valence-electron chi connectivity index (χ0n) is 18.9. The highest BCUT2D eigenvalue weighted by Crippen LogP contribution is 2.40. The van der Waals surface area contributed by atoms with Crippen LogP contribution in [0.5, 0.6) is 5.75 Å². The van der Waals surface area contributed by atoms with E-state index in [0.29, 0.717) is 12.0 Å². The molecule has 0 spiro atoms. The third-order valence-corrected chi connectivity index (χ3v) is 6.38. The highest BCUT2D eigenvalue weighted by Gasteiger charge is 2.46. The number of nitrogens with zero attached hydrogens (tertiary/aromatic N) is 2. The number of para-hydroxylation sites is 1. The van der Waals surface area contributed by atoms with E-state index in [1.54, 1.807) is 12.1 Å². The Kier molecular flexibility index (Phi) is 5.73. The maximum Gasteiger partial charge on any atom is 0.295 e. The third-order valence-electron chi connectivity index (χ3n) is 6.38. The van der Waals surface area contributed by atoms with Crippen LogP contribution in [0.15, 0.2) is 84.6 Å². The molecule has 4 aromatic rings. The summed E-state index contributed by atoms with van der Waals surface area (Å²) in [6.45, 7) is 0.184. The number of amides is 1. The molecular formula is C27H21N3O6. The molecule has 0 saturated carbocycles. The maximum atomic E-state index is 13.2. The number of phenolic OH excluding ortho intramolecular Hbond substituents is 1. The van der Waals surface area contributed by atoms with Gasteiger partial charge < -0.3 is 20.1 Å². The molecular weight excluding hydrogens is 462 g/mol. The number of nitrogens with one attached hydrogen (secondary N) is 1. The minimum absolute atomic E-state index is 0.00757. The quantitative estimate of drug-likeness (QED) is 0.122. The number of aromatic amines is 1. The van der Waals surface area contributed by atoms with Crippen LogP contribution >= 0.6 is 0 Å². The Morgan fingerprint density at radius 3 is 2.53 bits per heavy atom. The lowest BCUT2D eigenvalue weighted by Gasteiger charge is -2.25. The fraction of sp³-hybridized carbons (Fsp3) is 0.111. The van der Waals surface area contributed by atoms with Crippen LogP contribution in [0.4, 0.5) is 5.69 Å². The van der Waals surface area contributed by atoms with Crippen LogP contribution in [0, 0.1) is 10.1 Å². The van der Waals surface area contributed by atoms with Crippen LogP contribution in [-0.2, 0) is 16.0 Å². The number of likely N-dealkylation sites (tertiary alicyclic amines) is 1. The van der Waals surface area contributed by atoms with Gasteiger partial charge in [0.2, 0.25) is 0 Å². The molecule has 3 N–H and O–H groups in total. The van der Waals surface area contributed by atoms with Crippen molar-refractivity contribution in [2.45, 2.75) is 12.5 Å². The Bertz CT molecular complexity index is 1540. The largest absolute Gasteiger partial charge is 0.508 e. The molecule has 0 aliphatic carbocycles. The number of benzene rings is 3. The van der Waals surface area contributed by atoms with Crippen LogP contribution in [0.2, 0.25) is 0 Å². The van der Waals surface area contributed by atoms with Crippen LogP contribution in [0.25, 0.3) is 16.7 Å². The van der Waals surface area contributed by atoms with Crippen molar-refractivity contribution < 1.29 is 24.7 Å². The van der Waals surface area contributed by atoms with Crippen LogP contribution in [-0.4, -0.2) is 43.3 Å². The first kappa shape index (κ1) is 22.9. The van der Waals surface area contributed by atoms with E-state index in [9.17, 15) is 29.9 Å². The SMILES string of the molecule is O=C1C(=O)N(CCc2c[nH]c3ccccc23)C(c2ccc(O)cc2)/C1=C(\O)c1cccc([N+](=O)[O-])c1. The Hall–Kier alpha value is -4.92. The summed E-state index contributed by atoms with van der Waals surface area (Å²) in [7, 11) is 0. The molecule has 180 valence electrons. The number of nitro groups is 1. The summed E-state index contributed by atoms with van der Waals surface area (Å²) in [5.74, 6) is -2.14. The van der Waals surface area contributed by atoms with E-state index in [0.717, 1.165) is 22.5 Å². The first-order valence-corrected chi connectivity index (χ1v) is 11.2. The molecule has 1 unspecified atom stereocenters. The molecule has 9 nitrogen and oxygen atoms in total. The van der Waals surface area contributed by atoms with E-state index in [1.165, 1.54) is 35.2 Å². The van der Waals surface area contributed by atoms with Gasteiger partial charge >= 0.3 is 0 Å². The number of aromatic hydroxyl groups is 1. The standard InChI is InChI=1S/C27H21N3O6/c31-20-10-8-16(9-11-20)24-23(25(32)17-4-3-5-19(14-17)30(35)36)26(33)27(34)29(24)13-12-18-15-28-22-7-2-1-6-21(18)22/h1-11,14-15,24,28,31-32H,12-13H2/b25-23+. The Morgan fingerprint density at radius 2 is 1.78 bits per heavy atom. The number of fused-ring (bicyclic) bond motifs is 1. The predicted octanol–water partition coefficient (Wildman–Crippen LogP) is 4.45. The lowest BCUT2D eigenvalue weighted by molar-refractivity contribution is -0.384. The van der Waals surface area contributed by atoms with E-state index in [-0.39, 0.29) is 29.1 Å². The van der Waals surface area contributed by atoms with Crippen molar-refractivity contribution in [1.82, 2.24) is 9.88 Å². The third kappa shape index (κ3) is 3.96. The van der Waals surface area contributed by atoms with Gasteiger partial charge in [-0.3, -0.25) is 19.7 Å². The second kappa shape index (κ2) is 9.03. The number of aliphatic hydroxyl groups is 1.